The van der Waals surface area contributed by atoms with Crippen LogP contribution in [0.15, 0.2) is 36.5 Å². The van der Waals surface area contributed by atoms with Gasteiger partial charge in [-0.2, -0.15) is 13.2 Å². The lowest BCUT2D eigenvalue weighted by atomic mass is 9.98. The molecule has 2 N–H and O–H groups in total. The number of alkyl halides is 3. The van der Waals surface area contributed by atoms with Crippen LogP contribution in [0, 0.1) is 0 Å². The SMILES string of the molecule is CCOC(=O)N1CCc2c(cccc2NCC(=O)N(CCNC)Cc2ncccc2C(F)(F)F)C1. The van der Waals surface area contributed by atoms with E-state index in [0.717, 1.165) is 22.9 Å². The van der Waals surface area contributed by atoms with Crippen LogP contribution >= 0.6 is 0 Å². The van der Waals surface area contributed by atoms with E-state index in [2.05, 4.69) is 15.6 Å². The number of hydrogen-bond donors (Lipinski definition) is 2. The van der Waals surface area contributed by atoms with Crippen molar-refractivity contribution >= 4 is 17.7 Å². The van der Waals surface area contributed by atoms with Crippen molar-refractivity contribution in [3.8, 4) is 0 Å². The zero-order valence-corrected chi connectivity index (χ0v) is 19.8. The summed E-state index contributed by atoms with van der Waals surface area (Å²) in [6.07, 6.45) is -3.03. The minimum absolute atomic E-state index is 0.0874. The average Bonchev–Trinajstić information content (AvgIpc) is 2.84. The van der Waals surface area contributed by atoms with E-state index in [1.54, 1.807) is 18.9 Å². The fourth-order valence-corrected chi connectivity index (χ4v) is 3.97. The predicted molar refractivity (Wildman–Crippen MR) is 125 cm³/mol. The van der Waals surface area contributed by atoms with Crippen LogP contribution in [0.2, 0.25) is 0 Å². The first-order valence-electron chi connectivity index (χ1n) is 11.4. The number of carbonyl (C=O) groups excluding carboxylic acids is 2. The third-order valence-electron chi connectivity index (χ3n) is 5.74. The van der Waals surface area contributed by atoms with E-state index in [1.807, 2.05) is 18.2 Å². The van der Waals surface area contributed by atoms with E-state index in [9.17, 15) is 22.8 Å². The Morgan fingerprint density at radius 1 is 1.23 bits per heavy atom. The van der Waals surface area contributed by atoms with Crippen LogP contribution in [-0.2, 0) is 35.2 Å². The number of halogens is 3. The Bertz CT molecular complexity index is 1030. The van der Waals surface area contributed by atoms with Gasteiger partial charge in [-0.25, -0.2) is 4.79 Å². The monoisotopic (exact) mass is 493 g/mol. The lowest BCUT2D eigenvalue weighted by Gasteiger charge is -2.30. The van der Waals surface area contributed by atoms with Gasteiger partial charge in [0.1, 0.15) is 0 Å². The van der Waals surface area contributed by atoms with Gasteiger partial charge in [0.25, 0.3) is 0 Å². The van der Waals surface area contributed by atoms with Gasteiger partial charge in [0.05, 0.1) is 31.0 Å². The lowest BCUT2D eigenvalue weighted by Crippen LogP contribution is -2.40. The first kappa shape index (κ1) is 26.3. The molecule has 0 aliphatic carbocycles. The van der Waals surface area contributed by atoms with Crippen molar-refractivity contribution in [2.24, 2.45) is 0 Å². The highest BCUT2D eigenvalue weighted by atomic mass is 19.4. The van der Waals surface area contributed by atoms with Crippen LogP contribution in [0.5, 0.6) is 0 Å². The summed E-state index contributed by atoms with van der Waals surface area (Å²) < 4.78 is 45.3. The van der Waals surface area contributed by atoms with Gasteiger partial charge >= 0.3 is 12.3 Å². The number of fused-ring (bicyclic) bond motifs is 1. The van der Waals surface area contributed by atoms with E-state index in [-0.39, 0.29) is 37.3 Å². The zero-order chi connectivity index (χ0) is 25.4. The summed E-state index contributed by atoms with van der Waals surface area (Å²) in [6.45, 7) is 3.27. The number of ether oxygens (including phenoxy) is 1. The Hall–Kier alpha value is -3.34. The van der Waals surface area contributed by atoms with E-state index in [0.29, 0.717) is 32.7 Å². The highest BCUT2D eigenvalue weighted by molar-refractivity contribution is 5.81. The average molecular weight is 494 g/mol. The molecule has 2 heterocycles. The highest BCUT2D eigenvalue weighted by Gasteiger charge is 2.34. The smallest absolute Gasteiger partial charge is 0.418 e. The Balaban J connectivity index is 1.70. The van der Waals surface area contributed by atoms with Gasteiger partial charge in [-0.1, -0.05) is 12.1 Å². The number of anilines is 1. The summed E-state index contributed by atoms with van der Waals surface area (Å²) in [7, 11) is 1.71. The van der Waals surface area contributed by atoms with Crippen LogP contribution in [-0.4, -0.2) is 66.6 Å². The van der Waals surface area contributed by atoms with E-state index < -0.39 is 11.7 Å². The van der Waals surface area contributed by atoms with Crippen molar-refractivity contribution in [3.05, 3.63) is 58.9 Å². The Kier molecular flexibility index (Phi) is 8.91. The van der Waals surface area contributed by atoms with Gasteiger partial charge < -0.3 is 25.2 Å². The third-order valence-corrected chi connectivity index (χ3v) is 5.74. The molecule has 0 saturated carbocycles. The molecule has 190 valence electrons. The first-order valence-corrected chi connectivity index (χ1v) is 11.4. The summed E-state index contributed by atoms with van der Waals surface area (Å²) in [5.41, 5.74) is 1.68. The molecular formula is C24H30F3N5O3. The van der Waals surface area contributed by atoms with E-state index >= 15 is 0 Å². The fourth-order valence-electron chi connectivity index (χ4n) is 3.97. The number of benzene rings is 1. The summed E-state index contributed by atoms with van der Waals surface area (Å²) >= 11 is 0. The second-order valence-electron chi connectivity index (χ2n) is 8.08. The van der Waals surface area contributed by atoms with Crippen molar-refractivity contribution in [2.75, 3.05) is 45.2 Å². The van der Waals surface area contributed by atoms with Crippen LogP contribution in [0.25, 0.3) is 0 Å². The molecular weight excluding hydrogens is 463 g/mol. The fraction of sp³-hybridized carbons (Fsp3) is 0.458. The molecule has 1 aliphatic rings. The molecule has 1 aromatic heterocycles. The largest absolute Gasteiger partial charge is 0.450 e. The molecule has 0 radical (unpaired) electrons. The molecule has 1 aliphatic heterocycles. The molecule has 2 aromatic rings. The van der Waals surface area contributed by atoms with Crippen LogP contribution < -0.4 is 10.6 Å². The molecule has 0 fully saturated rings. The molecule has 35 heavy (non-hydrogen) atoms. The number of carbonyl (C=O) groups is 2. The van der Waals surface area contributed by atoms with Crippen molar-refractivity contribution in [3.63, 3.8) is 0 Å². The molecule has 0 atom stereocenters. The lowest BCUT2D eigenvalue weighted by molar-refractivity contribution is -0.140. The maximum Gasteiger partial charge on any atom is 0.418 e. The van der Waals surface area contributed by atoms with Gasteiger partial charge in [-0.05, 0) is 49.7 Å². The minimum atomic E-state index is -4.56. The van der Waals surface area contributed by atoms with E-state index in [4.69, 9.17) is 4.74 Å². The van der Waals surface area contributed by atoms with Crippen LogP contribution in [0.3, 0.4) is 0 Å². The summed E-state index contributed by atoms with van der Waals surface area (Å²) in [5, 5.41) is 6.06. The minimum Gasteiger partial charge on any atom is -0.450 e. The molecule has 0 bridgehead atoms. The molecule has 0 spiro atoms. The molecule has 0 unspecified atom stereocenters. The maximum atomic E-state index is 13.4. The summed E-state index contributed by atoms with van der Waals surface area (Å²) in [5.74, 6) is -0.347. The molecule has 2 amide bonds. The quantitative estimate of drug-likeness (QED) is 0.558. The summed E-state index contributed by atoms with van der Waals surface area (Å²) in [6, 6.07) is 7.81. The van der Waals surface area contributed by atoms with Crippen LogP contribution in [0.4, 0.5) is 23.7 Å². The number of nitrogens with one attached hydrogen (secondary N) is 2. The molecule has 1 aromatic carbocycles. The van der Waals surface area contributed by atoms with Crippen molar-refractivity contribution in [1.29, 1.82) is 0 Å². The van der Waals surface area contributed by atoms with Crippen molar-refractivity contribution in [1.82, 2.24) is 20.1 Å². The number of rotatable bonds is 9. The number of pyridine rings is 1. The Labute approximate surface area is 202 Å². The topological polar surface area (TPSA) is 86.8 Å². The Morgan fingerprint density at radius 3 is 2.74 bits per heavy atom. The van der Waals surface area contributed by atoms with E-state index in [1.165, 1.54) is 17.2 Å². The second-order valence-corrected chi connectivity index (χ2v) is 8.08. The molecule has 11 heteroatoms. The number of aromatic nitrogens is 1. The predicted octanol–water partition coefficient (Wildman–Crippen LogP) is 3.28. The Morgan fingerprint density at radius 2 is 2.03 bits per heavy atom. The number of hydrogen-bond acceptors (Lipinski definition) is 6. The normalized spacial score (nSPS) is 13.2. The number of amides is 2. The first-order chi connectivity index (χ1) is 16.7. The molecule has 0 saturated heterocycles. The van der Waals surface area contributed by atoms with Crippen molar-refractivity contribution in [2.45, 2.75) is 32.6 Å². The zero-order valence-electron chi connectivity index (χ0n) is 19.8. The van der Waals surface area contributed by atoms with Gasteiger partial charge in [0.2, 0.25) is 5.91 Å². The number of likely N-dealkylation sites (N-methyl/N-ethyl adjacent to an activating group) is 1. The summed E-state index contributed by atoms with van der Waals surface area (Å²) in [4.78, 5) is 32.0. The van der Waals surface area contributed by atoms with Gasteiger partial charge in [0, 0.05) is 38.1 Å². The van der Waals surface area contributed by atoms with Gasteiger partial charge in [0.15, 0.2) is 0 Å². The van der Waals surface area contributed by atoms with Crippen molar-refractivity contribution < 1.29 is 27.5 Å². The third kappa shape index (κ3) is 6.84. The van der Waals surface area contributed by atoms with Gasteiger partial charge in [-0.15, -0.1) is 0 Å². The highest BCUT2D eigenvalue weighted by Crippen LogP contribution is 2.31. The van der Waals surface area contributed by atoms with Gasteiger partial charge in [-0.3, -0.25) is 9.78 Å². The standard InChI is InChI=1S/C24H30F3N5O3/c1-3-35-23(34)32-12-9-18-17(15-32)6-4-8-20(18)30-14-22(33)31(13-11-28-2)16-21-19(24(25,26)27)7-5-10-29-21/h4-8,10,28,30H,3,9,11-16H2,1-2H3. The maximum absolute atomic E-state index is 13.4. The molecule has 8 nitrogen and oxygen atoms in total. The van der Waals surface area contributed by atoms with Crippen LogP contribution in [0.1, 0.15) is 29.3 Å². The molecule has 3 rings (SSSR count). The number of nitrogens with zero attached hydrogens (tertiary/aromatic N) is 3. The second kappa shape index (κ2) is 11.9.